The Hall–Kier alpha value is -2.20. The largest absolute Gasteiger partial charge is 0.481 e. The normalized spacial score (nSPS) is 22.9. The lowest BCUT2D eigenvalue weighted by Crippen LogP contribution is -2.22. The zero-order valence-corrected chi connectivity index (χ0v) is 19.0. The number of aliphatic hydroxyl groups is 2. The molecule has 0 spiro atoms. The van der Waals surface area contributed by atoms with Crippen LogP contribution in [-0.4, -0.2) is 44.4 Å². The third-order valence-corrected chi connectivity index (χ3v) is 6.53. The third kappa shape index (κ3) is 8.87. The standard InChI is InChI=1S/C24H33F4NO5/c25-17-12-15(11-16(13-17)24(26,27)28)7-8-18(30)9-10-19-20(22(31)14-21(19)29-34)5-3-1-2-4-6-23(32)33/h11-13,18-20,22,30-31,34H,1-10,14H2,(H,32,33)/b29-21-/t18-,19?,20+,22-/m0/s1. The smallest absolute Gasteiger partial charge is 0.416 e. The van der Waals surface area contributed by atoms with Crippen molar-refractivity contribution >= 4 is 11.7 Å². The van der Waals surface area contributed by atoms with E-state index in [0.717, 1.165) is 31.4 Å². The molecule has 1 aromatic carbocycles. The van der Waals surface area contributed by atoms with E-state index in [-0.39, 0.29) is 43.1 Å². The summed E-state index contributed by atoms with van der Waals surface area (Å²) < 4.78 is 52.2. The van der Waals surface area contributed by atoms with Crippen LogP contribution >= 0.6 is 0 Å². The number of aryl methyl sites for hydroxylation is 1. The molecule has 192 valence electrons. The first kappa shape index (κ1) is 28.0. The van der Waals surface area contributed by atoms with Crippen LogP contribution in [0, 0.1) is 17.7 Å². The fourth-order valence-electron chi connectivity index (χ4n) is 4.74. The summed E-state index contributed by atoms with van der Waals surface area (Å²) in [5.41, 5.74) is -0.442. The number of rotatable bonds is 13. The van der Waals surface area contributed by atoms with Gasteiger partial charge >= 0.3 is 12.1 Å². The average molecular weight is 492 g/mol. The van der Waals surface area contributed by atoms with Crippen LogP contribution in [0.5, 0.6) is 0 Å². The predicted octanol–water partition coefficient (Wildman–Crippen LogP) is 5.17. The van der Waals surface area contributed by atoms with Crippen LogP contribution in [0.1, 0.15) is 75.3 Å². The second-order valence-corrected chi connectivity index (χ2v) is 9.10. The Balaban J connectivity index is 1.85. The van der Waals surface area contributed by atoms with Gasteiger partial charge in [0.2, 0.25) is 0 Å². The summed E-state index contributed by atoms with van der Waals surface area (Å²) in [7, 11) is 0. The van der Waals surface area contributed by atoms with Gasteiger partial charge < -0.3 is 20.5 Å². The molecule has 34 heavy (non-hydrogen) atoms. The number of alkyl halides is 3. The fourth-order valence-corrected chi connectivity index (χ4v) is 4.74. The van der Waals surface area contributed by atoms with Crippen molar-refractivity contribution in [2.75, 3.05) is 0 Å². The van der Waals surface area contributed by atoms with Crippen LogP contribution in [0.2, 0.25) is 0 Å². The zero-order chi connectivity index (χ0) is 25.3. The molecule has 0 amide bonds. The van der Waals surface area contributed by atoms with Gasteiger partial charge in [-0.2, -0.15) is 13.2 Å². The molecule has 0 radical (unpaired) electrons. The first-order chi connectivity index (χ1) is 16.0. The molecule has 0 bridgehead atoms. The average Bonchev–Trinajstić information content (AvgIpc) is 3.06. The van der Waals surface area contributed by atoms with Gasteiger partial charge in [-0.25, -0.2) is 4.39 Å². The van der Waals surface area contributed by atoms with E-state index in [2.05, 4.69) is 5.16 Å². The summed E-state index contributed by atoms with van der Waals surface area (Å²) in [5.74, 6) is -2.17. The van der Waals surface area contributed by atoms with E-state index >= 15 is 0 Å². The molecular formula is C24H33F4NO5. The predicted molar refractivity (Wildman–Crippen MR) is 117 cm³/mol. The number of unbranched alkanes of at least 4 members (excludes halogenated alkanes) is 3. The third-order valence-electron chi connectivity index (χ3n) is 6.53. The van der Waals surface area contributed by atoms with Gasteiger partial charge in [-0.1, -0.05) is 24.4 Å². The number of oxime groups is 1. The van der Waals surface area contributed by atoms with Crippen LogP contribution < -0.4 is 0 Å². The van der Waals surface area contributed by atoms with E-state index in [9.17, 15) is 37.8 Å². The minimum absolute atomic E-state index is 0.0794. The van der Waals surface area contributed by atoms with Crippen LogP contribution in [-0.2, 0) is 17.4 Å². The molecule has 1 fully saturated rings. The quantitative estimate of drug-likeness (QED) is 0.132. The lowest BCUT2D eigenvalue weighted by Gasteiger charge is -2.23. The van der Waals surface area contributed by atoms with E-state index in [4.69, 9.17) is 5.11 Å². The molecule has 0 aromatic heterocycles. The fraction of sp³-hybridized carbons (Fsp3) is 0.667. The summed E-state index contributed by atoms with van der Waals surface area (Å²) >= 11 is 0. The molecule has 1 aliphatic carbocycles. The second kappa shape index (κ2) is 13.0. The van der Waals surface area contributed by atoms with E-state index in [1.165, 1.54) is 0 Å². The number of carboxylic acids is 1. The molecule has 0 aliphatic heterocycles. The maximum absolute atomic E-state index is 13.6. The Morgan fingerprint density at radius 1 is 1.09 bits per heavy atom. The Morgan fingerprint density at radius 3 is 2.44 bits per heavy atom. The van der Waals surface area contributed by atoms with E-state index in [1.54, 1.807) is 0 Å². The van der Waals surface area contributed by atoms with Gasteiger partial charge in [-0.3, -0.25) is 4.79 Å². The highest BCUT2D eigenvalue weighted by Crippen LogP contribution is 2.37. The van der Waals surface area contributed by atoms with Crippen molar-refractivity contribution in [3.05, 3.63) is 35.1 Å². The summed E-state index contributed by atoms with van der Waals surface area (Å²) in [5, 5.41) is 42.1. The molecule has 1 aromatic rings. The van der Waals surface area contributed by atoms with Crippen molar-refractivity contribution in [1.82, 2.24) is 0 Å². The van der Waals surface area contributed by atoms with Crippen molar-refractivity contribution < 1.29 is 42.9 Å². The topological polar surface area (TPSA) is 110 Å². The highest BCUT2D eigenvalue weighted by Gasteiger charge is 2.39. The Bertz CT molecular complexity index is 830. The molecular weight excluding hydrogens is 458 g/mol. The maximum atomic E-state index is 13.6. The van der Waals surface area contributed by atoms with Crippen molar-refractivity contribution in [2.45, 2.75) is 89.0 Å². The molecule has 1 aliphatic rings. The molecule has 10 heteroatoms. The second-order valence-electron chi connectivity index (χ2n) is 9.10. The first-order valence-electron chi connectivity index (χ1n) is 11.7. The summed E-state index contributed by atoms with van der Waals surface area (Å²) in [6, 6.07) is 2.35. The number of hydrogen-bond acceptors (Lipinski definition) is 5. The summed E-state index contributed by atoms with van der Waals surface area (Å²) in [6.07, 6.45) is -1.16. The van der Waals surface area contributed by atoms with Crippen molar-refractivity contribution in [1.29, 1.82) is 0 Å². The van der Waals surface area contributed by atoms with Gasteiger partial charge in [0.05, 0.1) is 23.5 Å². The minimum atomic E-state index is -4.65. The van der Waals surface area contributed by atoms with Crippen LogP contribution in [0.15, 0.2) is 23.4 Å². The number of halogens is 4. The highest BCUT2D eigenvalue weighted by atomic mass is 19.4. The number of carboxylic acid groups (broad SMARTS) is 1. The Kier molecular flexibility index (Phi) is 10.8. The summed E-state index contributed by atoms with van der Waals surface area (Å²) in [6.45, 7) is 0. The van der Waals surface area contributed by atoms with Crippen molar-refractivity contribution in [3.8, 4) is 0 Å². The number of aliphatic hydroxyl groups excluding tert-OH is 2. The molecule has 1 unspecified atom stereocenters. The van der Waals surface area contributed by atoms with Gasteiger partial charge in [-0.15, -0.1) is 0 Å². The lowest BCUT2D eigenvalue weighted by molar-refractivity contribution is -0.138. The number of nitrogens with zero attached hydrogens (tertiary/aromatic N) is 1. The number of benzene rings is 1. The minimum Gasteiger partial charge on any atom is -0.481 e. The van der Waals surface area contributed by atoms with Gasteiger partial charge in [0, 0.05) is 18.8 Å². The molecule has 2 rings (SSSR count). The van der Waals surface area contributed by atoms with Crippen LogP contribution in [0.4, 0.5) is 17.6 Å². The first-order valence-corrected chi connectivity index (χ1v) is 11.7. The molecule has 6 nitrogen and oxygen atoms in total. The van der Waals surface area contributed by atoms with Crippen molar-refractivity contribution in [2.24, 2.45) is 17.0 Å². The molecule has 1 saturated carbocycles. The SMILES string of the molecule is O=C(O)CCCCCC[C@@H]1C(CC[C@@H](O)CCc2cc(F)cc(C(F)(F)F)c2)/C(=N\O)C[C@@H]1O. The number of hydrogen-bond donors (Lipinski definition) is 4. The van der Waals surface area contributed by atoms with E-state index in [1.807, 2.05) is 0 Å². The Labute approximate surface area is 196 Å². The highest BCUT2D eigenvalue weighted by molar-refractivity contribution is 5.89. The van der Waals surface area contributed by atoms with Crippen LogP contribution in [0.25, 0.3) is 0 Å². The lowest BCUT2D eigenvalue weighted by atomic mass is 9.84. The van der Waals surface area contributed by atoms with Gasteiger partial charge in [0.25, 0.3) is 0 Å². The van der Waals surface area contributed by atoms with Gasteiger partial charge in [-0.05, 0) is 68.2 Å². The monoisotopic (exact) mass is 491 g/mol. The summed E-state index contributed by atoms with van der Waals surface area (Å²) in [4.78, 5) is 10.6. The molecule has 4 atom stereocenters. The van der Waals surface area contributed by atoms with E-state index < -0.39 is 35.7 Å². The maximum Gasteiger partial charge on any atom is 0.416 e. The molecule has 0 heterocycles. The number of carbonyl (C=O) groups is 1. The number of aliphatic carboxylic acids is 1. The molecule has 0 saturated heterocycles. The van der Waals surface area contributed by atoms with Crippen LogP contribution in [0.3, 0.4) is 0 Å². The van der Waals surface area contributed by atoms with E-state index in [0.29, 0.717) is 37.5 Å². The molecule has 4 N–H and O–H groups in total. The van der Waals surface area contributed by atoms with Gasteiger partial charge in [0.15, 0.2) is 0 Å². The zero-order valence-electron chi connectivity index (χ0n) is 19.0. The van der Waals surface area contributed by atoms with Crippen molar-refractivity contribution in [3.63, 3.8) is 0 Å². The van der Waals surface area contributed by atoms with Gasteiger partial charge in [0.1, 0.15) is 5.82 Å². The Morgan fingerprint density at radius 2 is 1.79 bits per heavy atom.